The first-order valence-electron chi connectivity index (χ1n) is 2.75. The molecule has 0 saturated carbocycles. The standard InChI is InChI=1S/C5H5F3N2S.ClH/c1-9-3-2-10-4(11-3)5(6,7)8;/h2,9H,1H3;1H. The molecule has 0 spiro atoms. The summed E-state index contributed by atoms with van der Waals surface area (Å²) in [6.07, 6.45) is -3.16. The molecule has 2 nitrogen and oxygen atoms in total. The number of hydrogen-bond acceptors (Lipinski definition) is 3. The van der Waals surface area contributed by atoms with Gasteiger partial charge >= 0.3 is 6.18 Å². The molecule has 0 fully saturated rings. The highest BCUT2D eigenvalue weighted by Gasteiger charge is 2.34. The summed E-state index contributed by atoms with van der Waals surface area (Å²) in [5.74, 6) is 0. The second-order valence-corrected chi connectivity index (χ2v) is 2.81. The van der Waals surface area contributed by atoms with Gasteiger partial charge in [0.2, 0.25) is 0 Å². The van der Waals surface area contributed by atoms with E-state index in [0.717, 1.165) is 6.20 Å². The molecule has 0 aromatic carbocycles. The van der Waals surface area contributed by atoms with E-state index in [-0.39, 0.29) is 12.4 Å². The average Bonchev–Trinajstić information content (AvgIpc) is 2.32. The van der Waals surface area contributed by atoms with Crippen LogP contribution >= 0.6 is 23.7 Å². The van der Waals surface area contributed by atoms with Crippen LogP contribution < -0.4 is 5.32 Å². The minimum Gasteiger partial charge on any atom is -0.379 e. The molecule has 0 amide bonds. The SMILES string of the molecule is CNc1cnc(C(F)(F)F)s1.Cl. The van der Waals surface area contributed by atoms with E-state index in [1.165, 1.54) is 0 Å². The Bertz CT molecular complexity index is 247. The Labute approximate surface area is 77.2 Å². The van der Waals surface area contributed by atoms with Crippen molar-refractivity contribution in [2.45, 2.75) is 6.18 Å². The van der Waals surface area contributed by atoms with Crippen molar-refractivity contribution in [2.75, 3.05) is 12.4 Å². The van der Waals surface area contributed by atoms with Gasteiger partial charge in [0, 0.05) is 7.05 Å². The van der Waals surface area contributed by atoms with Crippen molar-refractivity contribution in [1.29, 1.82) is 0 Å². The summed E-state index contributed by atoms with van der Waals surface area (Å²) in [6, 6.07) is 0. The van der Waals surface area contributed by atoms with Crippen LogP contribution in [0.3, 0.4) is 0 Å². The van der Waals surface area contributed by atoms with Gasteiger partial charge in [-0.1, -0.05) is 11.3 Å². The first kappa shape index (κ1) is 11.5. The van der Waals surface area contributed by atoms with E-state index in [9.17, 15) is 13.2 Å². The lowest BCUT2D eigenvalue weighted by Crippen LogP contribution is -2.02. The molecule has 1 heterocycles. The summed E-state index contributed by atoms with van der Waals surface area (Å²) in [5.41, 5.74) is 0. The van der Waals surface area contributed by atoms with E-state index in [1.54, 1.807) is 7.05 Å². The van der Waals surface area contributed by atoms with E-state index < -0.39 is 11.2 Å². The fourth-order valence-corrected chi connectivity index (χ4v) is 1.16. The van der Waals surface area contributed by atoms with Gasteiger partial charge in [0.05, 0.1) is 6.20 Å². The summed E-state index contributed by atoms with van der Waals surface area (Å²) in [7, 11) is 1.55. The molecule has 0 aliphatic rings. The van der Waals surface area contributed by atoms with Gasteiger partial charge in [0.25, 0.3) is 0 Å². The Morgan fingerprint density at radius 2 is 2.08 bits per heavy atom. The molecule has 0 radical (unpaired) electrons. The maximum absolute atomic E-state index is 11.9. The predicted octanol–water partition coefficient (Wildman–Crippen LogP) is 2.63. The number of rotatable bonds is 1. The molecule has 1 aromatic rings. The van der Waals surface area contributed by atoms with Crippen LogP contribution in [0, 0.1) is 0 Å². The van der Waals surface area contributed by atoms with Crippen molar-refractivity contribution in [3.8, 4) is 0 Å². The molecule has 1 N–H and O–H groups in total. The van der Waals surface area contributed by atoms with Crippen LogP contribution in [0.25, 0.3) is 0 Å². The summed E-state index contributed by atoms with van der Waals surface area (Å²) in [4.78, 5) is 3.19. The Morgan fingerprint density at radius 3 is 2.33 bits per heavy atom. The van der Waals surface area contributed by atoms with Gasteiger partial charge < -0.3 is 5.32 Å². The van der Waals surface area contributed by atoms with Gasteiger partial charge in [0.15, 0.2) is 5.01 Å². The topological polar surface area (TPSA) is 24.9 Å². The quantitative estimate of drug-likeness (QED) is 0.784. The third-order valence-corrected chi connectivity index (χ3v) is 2.05. The molecule has 0 atom stereocenters. The van der Waals surface area contributed by atoms with Crippen molar-refractivity contribution < 1.29 is 13.2 Å². The second kappa shape index (κ2) is 3.95. The van der Waals surface area contributed by atoms with Crippen LogP contribution in [-0.4, -0.2) is 12.0 Å². The Balaban J connectivity index is 0.00000121. The third-order valence-electron chi connectivity index (χ3n) is 0.995. The molecule has 12 heavy (non-hydrogen) atoms. The largest absolute Gasteiger partial charge is 0.443 e. The lowest BCUT2D eigenvalue weighted by atomic mass is 10.7. The molecule has 70 valence electrons. The molecule has 7 heteroatoms. The molecule has 0 aliphatic heterocycles. The smallest absolute Gasteiger partial charge is 0.379 e. The Morgan fingerprint density at radius 1 is 1.50 bits per heavy atom. The van der Waals surface area contributed by atoms with Gasteiger partial charge in [-0.15, -0.1) is 12.4 Å². The van der Waals surface area contributed by atoms with Crippen molar-refractivity contribution in [2.24, 2.45) is 0 Å². The monoisotopic (exact) mass is 218 g/mol. The van der Waals surface area contributed by atoms with Crippen molar-refractivity contribution in [1.82, 2.24) is 4.98 Å². The van der Waals surface area contributed by atoms with Crippen molar-refractivity contribution in [3.05, 3.63) is 11.2 Å². The number of anilines is 1. The molecule has 0 saturated heterocycles. The molecule has 1 rings (SSSR count). The van der Waals surface area contributed by atoms with E-state index in [2.05, 4.69) is 10.3 Å². The number of hydrogen-bond donors (Lipinski definition) is 1. The fraction of sp³-hybridized carbons (Fsp3) is 0.400. The van der Waals surface area contributed by atoms with E-state index >= 15 is 0 Å². The first-order chi connectivity index (χ1) is 5.04. The molecule has 0 unspecified atom stereocenters. The van der Waals surface area contributed by atoms with Crippen molar-refractivity contribution >= 4 is 28.7 Å². The van der Waals surface area contributed by atoms with E-state index in [4.69, 9.17) is 0 Å². The van der Waals surface area contributed by atoms with Crippen LogP contribution in [0.4, 0.5) is 18.2 Å². The number of nitrogens with zero attached hydrogens (tertiary/aromatic N) is 1. The van der Waals surface area contributed by atoms with Crippen LogP contribution in [0.5, 0.6) is 0 Å². The summed E-state index contributed by atoms with van der Waals surface area (Å²) in [5, 5.41) is 2.17. The molecular weight excluding hydrogens is 213 g/mol. The van der Waals surface area contributed by atoms with Gasteiger partial charge in [-0.05, 0) is 0 Å². The molecule has 1 aromatic heterocycles. The number of halogens is 4. The average molecular weight is 219 g/mol. The normalized spacial score (nSPS) is 10.7. The first-order valence-corrected chi connectivity index (χ1v) is 3.56. The highest BCUT2D eigenvalue weighted by Crippen LogP contribution is 2.33. The Hall–Kier alpha value is -0.490. The summed E-state index contributed by atoms with van der Waals surface area (Å²) >= 11 is 0.593. The zero-order valence-corrected chi connectivity index (χ0v) is 7.61. The molecule has 0 bridgehead atoms. The lowest BCUT2D eigenvalue weighted by molar-refractivity contribution is -0.137. The fourth-order valence-electron chi connectivity index (χ4n) is 0.521. The Kier molecular flexibility index (Phi) is 3.79. The highest BCUT2D eigenvalue weighted by molar-refractivity contribution is 7.15. The zero-order valence-electron chi connectivity index (χ0n) is 5.97. The highest BCUT2D eigenvalue weighted by atomic mass is 35.5. The number of alkyl halides is 3. The number of thiazole rings is 1. The maximum Gasteiger partial charge on any atom is 0.443 e. The van der Waals surface area contributed by atoms with Crippen LogP contribution in [0.2, 0.25) is 0 Å². The number of nitrogens with one attached hydrogen (secondary N) is 1. The lowest BCUT2D eigenvalue weighted by Gasteiger charge is -1.98. The van der Waals surface area contributed by atoms with Gasteiger partial charge in [0.1, 0.15) is 5.00 Å². The van der Waals surface area contributed by atoms with Crippen LogP contribution in [0.1, 0.15) is 5.01 Å². The summed E-state index contributed by atoms with van der Waals surface area (Å²) < 4.78 is 35.6. The number of aromatic nitrogens is 1. The second-order valence-electron chi connectivity index (χ2n) is 1.78. The van der Waals surface area contributed by atoms with Gasteiger partial charge in [-0.3, -0.25) is 0 Å². The molecule has 0 aliphatic carbocycles. The minimum absolute atomic E-state index is 0. The van der Waals surface area contributed by atoms with E-state index in [0.29, 0.717) is 16.3 Å². The summed E-state index contributed by atoms with van der Waals surface area (Å²) in [6.45, 7) is 0. The van der Waals surface area contributed by atoms with Crippen molar-refractivity contribution in [3.63, 3.8) is 0 Å². The predicted molar refractivity (Wildman–Crippen MR) is 43.9 cm³/mol. The van der Waals surface area contributed by atoms with Gasteiger partial charge in [-0.25, -0.2) is 4.98 Å². The third kappa shape index (κ3) is 2.53. The molecular formula is C5H6ClF3N2S. The van der Waals surface area contributed by atoms with Crippen LogP contribution in [-0.2, 0) is 6.18 Å². The minimum atomic E-state index is -4.32. The van der Waals surface area contributed by atoms with E-state index in [1.807, 2.05) is 0 Å². The van der Waals surface area contributed by atoms with Gasteiger partial charge in [-0.2, -0.15) is 13.2 Å². The maximum atomic E-state index is 11.9. The zero-order chi connectivity index (χ0) is 8.48. The van der Waals surface area contributed by atoms with Crippen LogP contribution in [0.15, 0.2) is 6.20 Å².